The minimum absolute atomic E-state index is 0.159. The van der Waals surface area contributed by atoms with Gasteiger partial charge in [-0.3, -0.25) is 9.59 Å². The van der Waals surface area contributed by atoms with E-state index < -0.39 is 0 Å². The summed E-state index contributed by atoms with van der Waals surface area (Å²) in [5.74, 6) is 0.0823. The molecule has 0 radical (unpaired) electrons. The van der Waals surface area contributed by atoms with Gasteiger partial charge in [-0.1, -0.05) is 0 Å². The Balaban J connectivity index is 2.13. The van der Waals surface area contributed by atoms with E-state index in [0.29, 0.717) is 18.8 Å². The first-order valence-electron chi connectivity index (χ1n) is 5.78. The van der Waals surface area contributed by atoms with Gasteiger partial charge >= 0.3 is 0 Å². The second kappa shape index (κ2) is 7.50. The Morgan fingerprint density at radius 2 is 2.00 bits per heavy atom. The molecule has 0 fully saturated rings. The Morgan fingerprint density at radius 1 is 1.28 bits per heavy atom. The van der Waals surface area contributed by atoms with Gasteiger partial charge in [-0.15, -0.1) is 0 Å². The van der Waals surface area contributed by atoms with Crippen LogP contribution in [0.1, 0.15) is 12.2 Å². The molecule has 1 heterocycles. The Morgan fingerprint density at radius 3 is 2.61 bits per heavy atom. The smallest absolute Gasteiger partial charge is 0.229 e. The van der Waals surface area contributed by atoms with Crippen LogP contribution in [0, 0.1) is 0 Å². The number of nitrogens with zero attached hydrogens (tertiary/aromatic N) is 1. The summed E-state index contributed by atoms with van der Waals surface area (Å²) in [6, 6.07) is 3.51. The molecule has 0 aliphatic carbocycles. The fourth-order valence-corrected chi connectivity index (χ4v) is 1.29. The van der Waals surface area contributed by atoms with Crippen LogP contribution in [0.2, 0.25) is 0 Å². The van der Waals surface area contributed by atoms with E-state index in [0.717, 1.165) is 6.54 Å². The van der Waals surface area contributed by atoms with Crippen LogP contribution < -0.4 is 10.6 Å². The highest BCUT2D eigenvalue weighted by Gasteiger charge is 2.09. The molecule has 1 aromatic heterocycles. The zero-order valence-corrected chi connectivity index (χ0v) is 10.7. The molecule has 0 saturated heterocycles. The van der Waals surface area contributed by atoms with Crippen molar-refractivity contribution in [2.75, 3.05) is 27.2 Å². The largest absolute Gasteiger partial charge is 0.467 e. The number of likely N-dealkylation sites (N-methyl/N-ethyl adjacent to an activating group) is 1. The molecular formula is C12H19N3O3. The van der Waals surface area contributed by atoms with Crippen LogP contribution in [-0.2, 0) is 16.1 Å². The van der Waals surface area contributed by atoms with E-state index in [9.17, 15) is 9.59 Å². The van der Waals surface area contributed by atoms with Crippen molar-refractivity contribution in [2.45, 2.75) is 13.0 Å². The first-order valence-corrected chi connectivity index (χ1v) is 5.78. The molecule has 6 heteroatoms. The van der Waals surface area contributed by atoms with E-state index in [1.165, 1.54) is 6.26 Å². The van der Waals surface area contributed by atoms with Crippen molar-refractivity contribution in [1.29, 1.82) is 0 Å². The lowest BCUT2D eigenvalue weighted by molar-refractivity contribution is -0.129. The van der Waals surface area contributed by atoms with Gasteiger partial charge in [-0.25, -0.2) is 0 Å². The lowest BCUT2D eigenvalue weighted by Crippen LogP contribution is -2.35. The van der Waals surface area contributed by atoms with Crippen molar-refractivity contribution in [3.05, 3.63) is 24.2 Å². The minimum atomic E-state index is -0.311. The van der Waals surface area contributed by atoms with Crippen LogP contribution in [0.4, 0.5) is 0 Å². The van der Waals surface area contributed by atoms with Gasteiger partial charge in [-0.05, 0) is 26.2 Å². The van der Waals surface area contributed by atoms with Gasteiger partial charge in [0.1, 0.15) is 12.2 Å². The quantitative estimate of drug-likeness (QED) is 0.669. The Kier molecular flexibility index (Phi) is 5.93. The number of rotatable bonds is 7. The van der Waals surface area contributed by atoms with Gasteiger partial charge in [0.2, 0.25) is 11.8 Å². The maximum atomic E-state index is 11.4. The van der Waals surface area contributed by atoms with Gasteiger partial charge in [0.15, 0.2) is 0 Å². The molecule has 2 amide bonds. The van der Waals surface area contributed by atoms with Crippen molar-refractivity contribution in [3.63, 3.8) is 0 Å². The van der Waals surface area contributed by atoms with Crippen molar-refractivity contribution in [1.82, 2.24) is 15.5 Å². The molecule has 0 atom stereocenters. The van der Waals surface area contributed by atoms with Gasteiger partial charge in [-0.2, -0.15) is 0 Å². The second-order valence-electron chi connectivity index (χ2n) is 4.19. The van der Waals surface area contributed by atoms with Crippen molar-refractivity contribution < 1.29 is 14.0 Å². The molecule has 0 aliphatic rings. The van der Waals surface area contributed by atoms with Crippen LogP contribution in [-0.4, -0.2) is 43.9 Å². The van der Waals surface area contributed by atoms with E-state index in [1.807, 2.05) is 19.0 Å². The van der Waals surface area contributed by atoms with Gasteiger partial charge in [0, 0.05) is 13.1 Å². The average Bonchev–Trinajstić information content (AvgIpc) is 2.78. The summed E-state index contributed by atoms with van der Waals surface area (Å²) < 4.78 is 5.06. The molecule has 0 unspecified atom stereocenters. The maximum absolute atomic E-state index is 11.4. The third kappa shape index (κ3) is 6.05. The van der Waals surface area contributed by atoms with Crippen LogP contribution in [0.25, 0.3) is 0 Å². The van der Waals surface area contributed by atoms with Crippen LogP contribution >= 0.6 is 0 Å². The summed E-state index contributed by atoms with van der Waals surface area (Å²) in [6.07, 6.45) is 1.38. The summed E-state index contributed by atoms with van der Waals surface area (Å²) in [6.45, 7) is 1.59. The van der Waals surface area contributed by atoms with Gasteiger partial charge in [0.05, 0.1) is 12.8 Å². The lowest BCUT2D eigenvalue weighted by Gasteiger charge is -2.10. The molecule has 1 rings (SSSR count). The molecular weight excluding hydrogens is 234 g/mol. The molecule has 0 aromatic carbocycles. The van der Waals surface area contributed by atoms with Crippen molar-refractivity contribution >= 4 is 11.8 Å². The van der Waals surface area contributed by atoms with Gasteiger partial charge in [0.25, 0.3) is 0 Å². The van der Waals surface area contributed by atoms with E-state index in [-0.39, 0.29) is 18.2 Å². The zero-order valence-electron chi connectivity index (χ0n) is 10.7. The fourth-order valence-electron chi connectivity index (χ4n) is 1.29. The fraction of sp³-hybridized carbons (Fsp3) is 0.500. The molecule has 0 saturated carbocycles. The number of nitrogens with one attached hydrogen (secondary N) is 2. The number of carbonyl (C=O) groups excluding carboxylic acids is 2. The number of amides is 2. The highest BCUT2D eigenvalue weighted by molar-refractivity contribution is 5.96. The summed E-state index contributed by atoms with van der Waals surface area (Å²) in [5, 5.41) is 5.28. The monoisotopic (exact) mass is 253 g/mol. The standard InChI is InChI=1S/C12H19N3O3/c1-15(2)6-5-13-11(16)8-12(17)14-9-10-4-3-7-18-10/h3-4,7H,5-6,8-9H2,1-2H3,(H,13,16)(H,14,17). The maximum Gasteiger partial charge on any atom is 0.229 e. The molecule has 0 aliphatic heterocycles. The SMILES string of the molecule is CN(C)CCNC(=O)CC(=O)NCc1ccco1. The molecule has 6 nitrogen and oxygen atoms in total. The van der Waals surface area contributed by atoms with Crippen LogP contribution in [0.5, 0.6) is 0 Å². The third-order valence-electron chi connectivity index (χ3n) is 2.24. The topological polar surface area (TPSA) is 74.6 Å². The highest BCUT2D eigenvalue weighted by atomic mass is 16.3. The average molecular weight is 253 g/mol. The van der Waals surface area contributed by atoms with Crippen LogP contribution in [0.3, 0.4) is 0 Å². The highest BCUT2D eigenvalue weighted by Crippen LogP contribution is 1.98. The molecule has 1 aromatic rings. The first kappa shape index (κ1) is 14.2. The van der Waals surface area contributed by atoms with E-state index >= 15 is 0 Å². The zero-order chi connectivity index (χ0) is 13.4. The molecule has 0 spiro atoms. The second-order valence-corrected chi connectivity index (χ2v) is 4.19. The molecule has 18 heavy (non-hydrogen) atoms. The summed E-state index contributed by atoms with van der Waals surface area (Å²) in [5.41, 5.74) is 0. The number of furan rings is 1. The number of hydrogen-bond donors (Lipinski definition) is 2. The minimum Gasteiger partial charge on any atom is -0.467 e. The van der Waals surface area contributed by atoms with E-state index in [4.69, 9.17) is 4.42 Å². The number of carbonyl (C=O) groups is 2. The predicted molar refractivity (Wildman–Crippen MR) is 66.7 cm³/mol. The number of hydrogen-bond acceptors (Lipinski definition) is 4. The molecule has 100 valence electrons. The van der Waals surface area contributed by atoms with Crippen LogP contribution in [0.15, 0.2) is 22.8 Å². The molecule has 0 bridgehead atoms. The summed E-state index contributed by atoms with van der Waals surface area (Å²) >= 11 is 0. The van der Waals surface area contributed by atoms with E-state index in [2.05, 4.69) is 10.6 Å². The Bertz CT molecular complexity index is 374. The Labute approximate surface area is 106 Å². The Hall–Kier alpha value is -1.82. The molecule has 2 N–H and O–H groups in total. The van der Waals surface area contributed by atoms with Crippen molar-refractivity contribution in [2.24, 2.45) is 0 Å². The van der Waals surface area contributed by atoms with E-state index in [1.54, 1.807) is 12.1 Å². The van der Waals surface area contributed by atoms with Crippen molar-refractivity contribution in [3.8, 4) is 0 Å². The van der Waals surface area contributed by atoms with Gasteiger partial charge < -0.3 is 20.0 Å². The predicted octanol–water partition coefficient (Wildman–Crippen LogP) is -0.0363. The summed E-state index contributed by atoms with van der Waals surface area (Å²) in [7, 11) is 3.84. The first-order chi connectivity index (χ1) is 8.58. The lowest BCUT2D eigenvalue weighted by atomic mass is 10.3. The summed E-state index contributed by atoms with van der Waals surface area (Å²) in [4.78, 5) is 24.8. The normalized spacial score (nSPS) is 10.4. The third-order valence-corrected chi connectivity index (χ3v) is 2.24.